The van der Waals surface area contributed by atoms with Gasteiger partial charge in [0.2, 0.25) is 0 Å². The topological polar surface area (TPSA) is 58.6 Å². The Morgan fingerprint density at radius 1 is 1.29 bits per heavy atom. The fraction of sp³-hybridized carbons (Fsp3) is 0.235. The number of nitrogens with one attached hydrogen (secondary N) is 1. The SMILES string of the molecule is CNc1cccc(COc2c(Cl)cc(CCC(=O)O)cc2Cl)c1F. The van der Waals surface area contributed by atoms with Crippen LogP contribution in [0, 0.1) is 5.82 Å². The first kappa shape index (κ1) is 18.4. The number of halogens is 3. The molecule has 0 radical (unpaired) electrons. The molecule has 0 unspecified atom stereocenters. The highest BCUT2D eigenvalue weighted by molar-refractivity contribution is 6.37. The third kappa shape index (κ3) is 4.52. The average Bonchev–Trinajstić information content (AvgIpc) is 2.53. The molecule has 0 aliphatic carbocycles. The van der Waals surface area contributed by atoms with Gasteiger partial charge in [-0.3, -0.25) is 4.79 Å². The lowest BCUT2D eigenvalue weighted by molar-refractivity contribution is -0.136. The number of carboxylic acid groups (broad SMARTS) is 1. The highest BCUT2D eigenvalue weighted by atomic mass is 35.5. The van der Waals surface area contributed by atoms with Crippen molar-refractivity contribution in [1.82, 2.24) is 0 Å². The third-order valence-electron chi connectivity index (χ3n) is 3.41. The number of hydrogen-bond donors (Lipinski definition) is 2. The first-order chi connectivity index (χ1) is 11.4. The van der Waals surface area contributed by atoms with E-state index in [4.69, 9.17) is 33.0 Å². The van der Waals surface area contributed by atoms with Gasteiger partial charge in [0.1, 0.15) is 6.61 Å². The number of hydrogen-bond acceptors (Lipinski definition) is 3. The molecule has 0 spiro atoms. The second-order valence-electron chi connectivity index (χ2n) is 5.10. The Bertz CT molecular complexity index is 730. The monoisotopic (exact) mass is 371 g/mol. The molecule has 2 aromatic rings. The van der Waals surface area contributed by atoms with Crippen LogP contribution in [-0.4, -0.2) is 18.1 Å². The van der Waals surface area contributed by atoms with Crippen molar-refractivity contribution < 1.29 is 19.0 Å². The van der Waals surface area contributed by atoms with E-state index in [2.05, 4.69) is 5.32 Å². The predicted molar refractivity (Wildman–Crippen MR) is 92.7 cm³/mol. The van der Waals surface area contributed by atoms with Gasteiger partial charge in [-0.15, -0.1) is 0 Å². The molecule has 0 heterocycles. The van der Waals surface area contributed by atoms with Gasteiger partial charge >= 0.3 is 5.97 Å². The summed E-state index contributed by atoms with van der Waals surface area (Å²) in [5.74, 6) is -1.06. The summed E-state index contributed by atoms with van der Waals surface area (Å²) in [7, 11) is 1.63. The Morgan fingerprint density at radius 3 is 2.54 bits per heavy atom. The van der Waals surface area contributed by atoms with Crippen LogP contribution >= 0.6 is 23.2 Å². The number of anilines is 1. The van der Waals surface area contributed by atoms with Crippen LogP contribution in [0.3, 0.4) is 0 Å². The van der Waals surface area contributed by atoms with Crippen molar-refractivity contribution in [3.63, 3.8) is 0 Å². The maximum Gasteiger partial charge on any atom is 0.303 e. The Balaban J connectivity index is 2.14. The molecule has 0 aliphatic heterocycles. The van der Waals surface area contributed by atoms with Gasteiger partial charge in [-0.05, 0) is 30.2 Å². The lowest BCUT2D eigenvalue weighted by atomic mass is 10.1. The molecular weight excluding hydrogens is 356 g/mol. The summed E-state index contributed by atoms with van der Waals surface area (Å²) in [5.41, 5.74) is 1.43. The Labute approximate surface area is 149 Å². The quantitative estimate of drug-likeness (QED) is 0.735. The number of carbonyl (C=O) groups is 1. The van der Waals surface area contributed by atoms with Gasteiger partial charge in [0, 0.05) is 19.0 Å². The number of rotatable bonds is 7. The minimum Gasteiger partial charge on any atom is -0.486 e. The van der Waals surface area contributed by atoms with Crippen molar-refractivity contribution in [3.8, 4) is 5.75 Å². The van der Waals surface area contributed by atoms with Crippen LogP contribution < -0.4 is 10.1 Å². The number of carboxylic acids is 1. The standard InChI is InChI=1S/C17H16Cl2FNO3/c1-21-14-4-2-3-11(16(14)20)9-24-17-12(18)7-10(8-13(17)19)5-6-15(22)23/h2-4,7-8,21H,5-6,9H2,1H3,(H,22,23). The highest BCUT2D eigenvalue weighted by Gasteiger charge is 2.13. The van der Waals surface area contributed by atoms with Crippen LogP contribution in [0.1, 0.15) is 17.5 Å². The van der Waals surface area contributed by atoms with E-state index in [0.717, 1.165) is 0 Å². The van der Waals surface area contributed by atoms with Crippen molar-refractivity contribution >= 4 is 34.9 Å². The van der Waals surface area contributed by atoms with E-state index in [9.17, 15) is 9.18 Å². The van der Waals surface area contributed by atoms with Gasteiger partial charge in [0.05, 0.1) is 15.7 Å². The molecule has 7 heteroatoms. The zero-order valence-corrected chi connectivity index (χ0v) is 14.4. The molecule has 0 aliphatic rings. The summed E-state index contributed by atoms with van der Waals surface area (Å²) in [6.07, 6.45) is 0.294. The molecule has 0 saturated carbocycles. The van der Waals surface area contributed by atoms with Gasteiger partial charge in [-0.25, -0.2) is 4.39 Å². The molecule has 0 amide bonds. The second-order valence-corrected chi connectivity index (χ2v) is 5.91. The van der Waals surface area contributed by atoms with E-state index in [0.29, 0.717) is 23.2 Å². The summed E-state index contributed by atoms with van der Waals surface area (Å²) in [6.45, 7) is -0.0325. The summed E-state index contributed by atoms with van der Waals surface area (Å²) in [4.78, 5) is 10.6. The third-order valence-corrected chi connectivity index (χ3v) is 3.97. The van der Waals surface area contributed by atoms with Gasteiger partial charge in [0.15, 0.2) is 11.6 Å². The second kappa shape index (κ2) is 8.22. The van der Waals surface area contributed by atoms with E-state index in [1.165, 1.54) is 0 Å². The van der Waals surface area contributed by atoms with Crippen molar-refractivity contribution in [2.75, 3.05) is 12.4 Å². The Kier molecular flexibility index (Phi) is 6.29. The Hall–Kier alpha value is -1.98. The van der Waals surface area contributed by atoms with E-state index in [-0.39, 0.29) is 28.8 Å². The van der Waals surface area contributed by atoms with Crippen molar-refractivity contribution in [1.29, 1.82) is 0 Å². The zero-order valence-electron chi connectivity index (χ0n) is 12.9. The van der Waals surface area contributed by atoms with Crippen LogP contribution in [-0.2, 0) is 17.8 Å². The first-order valence-corrected chi connectivity index (χ1v) is 7.95. The van der Waals surface area contributed by atoms with Crippen LogP contribution in [0.4, 0.5) is 10.1 Å². The fourth-order valence-corrected chi connectivity index (χ4v) is 2.82. The van der Waals surface area contributed by atoms with Crippen LogP contribution in [0.25, 0.3) is 0 Å². The summed E-state index contributed by atoms with van der Waals surface area (Å²) in [5, 5.41) is 12.0. The molecule has 24 heavy (non-hydrogen) atoms. The van der Waals surface area contributed by atoms with Crippen molar-refractivity contribution in [3.05, 3.63) is 57.3 Å². The fourth-order valence-electron chi connectivity index (χ4n) is 2.18. The summed E-state index contributed by atoms with van der Waals surface area (Å²) < 4.78 is 19.7. The van der Waals surface area contributed by atoms with E-state index in [1.807, 2.05) is 0 Å². The molecule has 0 saturated heterocycles. The van der Waals surface area contributed by atoms with Crippen molar-refractivity contribution in [2.24, 2.45) is 0 Å². The van der Waals surface area contributed by atoms with E-state index >= 15 is 0 Å². The maximum absolute atomic E-state index is 14.2. The highest BCUT2D eigenvalue weighted by Crippen LogP contribution is 2.35. The molecule has 4 nitrogen and oxygen atoms in total. The molecule has 0 atom stereocenters. The normalized spacial score (nSPS) is 10.5. The number of aryl methyl sites for hydroxylation is 1. The molecule has 0 aromatic heterocycles. The lowest BCUT2D eigenvalue weighted by Crippen LogP contribution is -2.03. The average molecular weight is 372 g/mol. The maximum atomic E-state index is 14.2. The molecule has 0 fully saturated rings. The van der Waals surface area contributed by atoms with Gasteiger partial charge in [-0.1, -0.05) is 35.3 Å². The van der Waals surface area contributed by atoms with Crippen LogP contribution in [0.2, 0.25) is 10.0 Å². The van der Waals surface area contributed by atoms with Gasteiger partial charge in [0.25, 0.3) is 0 Å². The molecule has 2 N–H and O–H groups in total. The van der Waals surface area contributed by atoms with Crippen LogP contribution in [0.15, 0.2) is 30.3 Å². The largest absolute Gasteiger partial charge is 0.486 e. The number of benzene rings is 2. The zero-order chi connectivity index (χ0) is 17.7. The molecule has 0 bridgehead atoms. The molecular formula is C17H16Cl2FNO3. The molecule has 2 rings (SSSR count). The van der Waals surface area contributed by atoms with Crippen LogP contribution in [0.5, 0.6) is 5.75 Å². The van der Waals surface area contributed by atoms with E-state index < -0.39 is 11.8 Å². The first-order valence-electron chi connectivity index (χ1n) is 7.20. The Morgan fingerprint density at radius 2 is 1.96 bits per heavy atom. The molecule has 2 aromatic carbocycles. The molecule has 128 valence electrons. The summed E-state index contributed by atoms with van der Waals surface area (Å²) in [6, 6.07) is 8.15. The smallest absolute Gasteiger partial charge is 0.303 e. The number of aliphatic carboxylic acids is 1. The minimum atomic E-state index is -0.900. The van der Waals surface area contributed by atoms with E-state index in [1.54, 1.807) is 37.4 Å². The minimum absolute atomic E-state index is 0.0190. The van der Waals surface area contributed by atoms with Gasteiger partial charge < -0.3 is 15.2 Å². The predicted octanol–water partition coefficient (Wildman–Crippen LogP) is 4.77. The summed E-state index contributed by atoms with van der Waals surface area (Å²) >= 11 is 12.3. The van der Waals surface area contributed by atoms with Crippen molar-refractivity contribution in [2.45, 2.75) is 19.4 Å². The van der Waals surface area contributed by atoms with Gasteiger partial charge in [-0.2, -0.15) is 0 Å². The lowest BCUT2D eigenvalue weighted by Gasteiger charge is -2.13. The number of ether oxygens (including phenoxy) is 1.